The van der Waals surface area contributed by atoms with E-state index in [1.54, 1.807) is 0 Å². The predicted molar refractivity (Wildman–Crippen MR) is 101 cm³/mol. The van der Waals surface area contributed by atoms with Crippen molar-refractivity contribution >= 4 is 5.91 Å². The van der Waals surface area contributed by atoms with Gasteiger partial charge in [-0.15, -0.1) is 0 Å². The van der Waals surface area contributed by atoms with Crippen molar-refractivity contribution in [2.45, 2.75) is 39.8 Å². The number of ether oxygens (including phenoxy) is 5. The van der Waals surface area contributed by atoms with Gasteiger partial charge in [0.15, 0.2) is 0 Å². The second kappa shape index (κ2) is 19.0. The first kappa shape index (κ1) is 25.2. The van der Waals surface area contributed by atoms with Gasteiger partial charge in [-0.25, -0.2) is 0 Å². The number of hydrogen-bond acceptors (Lipinski definition) is 7. The van der Waals surface area contributed by atoms with Crippen LogP contribution in [0.25, 0.3) is 0 Å². The van der Waals surface area contributed by atoms with E-state index >= 15 is 0 Å². The highest BCUT2D eigenvalue weighted by molar-refractivity contribution is 5.77. The highest BCUT2D eigenvalue weighted by Crippen LogP contribution is 1.86. The van der Waals surface area contributed by atoms with Crippen molar-refractivity contribution in [1.29, 1.82) is 0 Å². The highest BCUT2D eigenvalue weighted by atomic mass is 16.6. The van der Waals surface area contributed by atoms with Crippen molar-refractivity contribution in [2.24, 2.45) is 0 Å². The third kappa shape index (κ3) is 21.3. The zero-order valence-electron chi connectivity index (χ0n) is 16.9. The molecule has 0 unspecified atom stereocenters. The summed E-state index contributed by atoms with van der Waals surface area (Å²) in [5.74, 6) is -0.129. The quantitative estimate of drug-likeness (QED) is 0.318. The minimum absolute atomic E-state index is 0.0534. The van der Waals surface area contributed by atoms with E-state index in [2.05, 4.69) is 24.5 Å². The van der Waals surface area contributed by atoms with Crippen LogP contribution in [0.4, 0.5) is 0 Å². The molecule has 2 N–H and O–H groups in total. The molecule has 0 bridgehead atoms. The molecule has 0 heterocycles. The molecule has 8 nitrogen and oxygen atoms in total. The SMILES string of the molecule is CC(C)NCCOCCOCCOCCOCCNC(=O)COC(C)C. The van der Waals surface area contributed by atoms with E-state index < -0.39 is 0 Å². The summed E-state index contributed by atoms with van der Waals surface area (Å²) < 4.78 is 26.8. The summed E-state index contributed by atoms with van der Waals surface area (Å²) >= 11 is 0. The van der Waals surface area contributed by atoms with Gasteiger partial charge in [0.05, 0.1) is 59.0 Å². The number of carbonyl (C=O) groups excluding carboxylic acids is 1. The molecule has 1 amide bonds. The Balaban J connectivity index is 3.10. The van der Waals surface area contributed by atoms with E-state index in [-0.39, 0.29) is 18.6 Å². The molecule has 156 valence electrons. The van der Waals surface area contributed by atoms with Gasteiger partial charge in [0.1, 0.15) is 6.61 Å². The van der Waals surface area contributed by atoms with Gasteiger partial charge in [-0.3, -0.25) is 4.79 Å². The molecule has 8 heteroatoms. The summed E-state index contributed by atoms with van der Waals surface area (Å²) in [7, 11) is 0. The molecule has 0 atom stereocenters. The fourth-order valence-corrected chi connectivity index (χ4v) is 1.74. The zero-order valence-corrected chi connectivity index (χ0v) is 16.9. The fourth-order valence-electron chi connectivity index (χ4n) is 1.74. The van der Waals surface area contributed by atoms with E-state index in [4.69, 9.17) is 23.7 Å². The lowest BCUT2D eigenvalue weighted by Crippen LogP contribution is -2.31. The lowest BCUT2D eigenvalue weighted by atomic mass is 10.4. The van der Waals surface area contributed by atoms with Crippen LogP contribution in [-0.2, 0) is 28.5 Å². The highest BCUT2D eigenvalue weighted by Gasteiger charge is 2.02. The second-order valence-corrected chi connectivity index (χ2v) is 6.27. The summed E-state index contributed by atoms with van der Waals surface area (Å²) in [6.07, 6.45) is 0.0534. The molecule has 0 fully saturated rings. The molecule has 0 aliphatic rings. The molecule has 0 saturated heterocycles. The van der Waals surface area contributed by atoms with Gasteiger partial charge in [0.2, 0.25) is 5.91 Å². The number of hydrogen-bond donors (Lipinski definition) is 2. The third-order valence-corrected chi connectivity index (χ3v) is 3.03. The normalized spacial score (nSPS) is 11.5. The molecule has 0 aliphatic carbocycles. The van der Waals surface area contributed by atoms with Gasteiger partial charge >= 0.3 is 0 Å². The minimum Gasteiger partial charge on any atom is -0.378 e. The maximum Gasteiger partial charge on any atom is 0.246 e. The lowest BCUT2D eigenvalue weighted by Gasteiger charge is -2.10. The van der Waals surface area contributed by atoms with E-state index in [9.17, 15) is 4.79 Å². The Bertz CT molecular complexity index is 316. The Morgan fingerprint density at radius 2 is 1.19 bits per heavy atom. The lowest BCUT2D eigenvalue weighted by molar-refractivity contribution is -0.127. The van der Waals surface area contributed by atoms with Gasteiger partial charge in [-0.1, -0.05) is 13.8 Å². The van der Waals surface area contributed by atoms with Crippen LogP contribution in [0.5, 0.6) is 0 Å². The maximum atomic E-state index is 11.4. The van der Waals surface area contributed by atoms with E-state index in [1.807, 2.05) is 13.8 Å². The van der Waals surface area contributed by atoms with Crippen LogP contribution in [0.1, 0.15) is 27.7 Å². The van der Waals surface area contributed by atoms with Gasteiger partial charge in [0.25, 0.3) is 0 Å². The van der Waals surface area contributed by atoms with Crippen LogP contribution in [0.3, 0.4) is 0 Å². The Morgan fingerprint density at radius 3 is 1.65 bits per heavy atom. The number of rotatable bonds is 19. The Hall–Kier alpha value is -0.770. The van der Waals surface area contributed by atoms with Crippen molar-refractivity contribution in [3.8, 4) is 0 Å². The molecular formula is C18H38N2O6. The standard InChI is InChI=1S/C18H38N2O6/c1-16(2)19-5-7-22-9-11-24-13-14-25-12-10-23-8-6-20-18(21)15-26-17(3)4/h16-17,19H,5-15H2,1-4H3,(H,20,21). The predicted octanol–water partition coefficient (Wildman–Crippen LogP) is 0.592. The third-order valence-electron chi connectivity index (χ3n) is 3.03. The topological polar surface area (TPSA) is 87.3 Å². The van der Waals surface area contributed by atoms with Crippen LogP contribution < -0.4 is 10.6 Å². The molecule has 0 saturated carbocycles. The average Bonchev–Trinajstić information content (AvgIpc) is 2.59. The molecule has 26 heavy (non-hydrogen) atoms. The van der Waals surface area contributed by atoms with Crippen LogP contribution >= 0.6 is 0 Å². The summed E-state index contributed by atoms with van der Waals surface area (Å²) in [6, 6.07) is 0.485. The van der Waals surface area contributed by atoms with Crippen molar-refractivity contribution in [3.05, 3.63) is 0 Å². The molecule has 0 aromatic heterocycles. The molecule has 0 rings (SSSR count). The Kier molecular flexibility index (Phi) is 18.4. The summed E-state index contributed by atoms with van der Waals surface area (Å²) in [4.78, 5) is 11.4. The number of amides is 1. The fraction of sp³-hybridized carbons (Fsp3) is 0.944. The molecular weight excluding hydrogens is 340 g/mol. The van der Waals surface area contributed by atoms with Crippen molar-refractivity contribution < 1.29 is 28.5 Å². The molecule has 0 spiro atoms. The summed E-state index contributed by atoms with van der Waals surface area (Å²) in [5, 5.41) is 6.00. The van der Waals surface area contributed by atoms with E-state index in [0.29, 0.717) is 65.4 Å². The average molecular weight is 379 g/mol. The number of nitrogens with one attached hydrogen (secondary N) is 2. The molecule has 0 aromatic carbocycles. The molecule has 0 aliphatic heterocycles. The van der Waals surface area contributed by atoms with E-state index in [0.717, 1.165) is 6.54 Å². The van der Waals surface area contributed by atoms with Gasteiger partial charge in [0, 0.05) is 19.1 Å². The monoisotopic (exact) mass is 378 g/mol. The zero-order chi connectivity index (χ0) is 19.5. The molecule has 0 radical (unpaired) electrons. The van der Waals surface area contributed by atoms with Crippen molar-refractivity contribution in [3.63, 3.8) is 0 Å². The van der Waals surface area contributed by atoms with Crippen LogP contribution in [0.15, 0.2) is 0 Å². The van der Waals surface area contributed by atoms with Crippen LogP contribution in [0, 0.1) is 0 Å². The van der Waals surface area contributed by atoms with Gasteiger partial charge in [-0.05, 0) is 13.8 Å². The smallest absolute Gasteiger partial charge is 0.246 e. The number of carbonyl (C=O) groups is 1. The van der Waals surface area contributed by atoms with Gasteiger partial charge in [-0.2, -0.15) is 0 Å². The first-order valence-electron chi connectivity index (χ1n) is 9.45. The van der Waals surface area contributed by atoms with Gasteiger partial charge < -0.3 is 34.3 Å². The summed E-state index contributed by atoms with van der Waals surface area (Å²) in [5.41, 5.74) is 0. The largest absolute Gasteiger partial charge is 0.378 e. The summed E-state index contributed by atoms with van der Waals surface area (Å²) in [6.45, 7) is 13.8. The maximum absolute atomic E-state index is 11.4. The molecule has 0 aromatic rings. The first-order chi connectivity index (χ1) is 12.5. The van der Waals surface area contributed by atoms with Crippen LogP contribution in [0.2, 0.25) is 0 Å². The van der Waals surface area contributed by atoms with E-state index in [1.165, 1.54) is 0 Å². The Labute approximate surface area is 158 Å². The second-order valence-electron chi connectivity index (χ2n) is 6.27. The first-order valence-corrected chi connectivity index (χ1v) is 9.45. The minimum atomic E-state index is -0.129. The van der Waals surface area contributed by atoms with Crippen LogP contribution in [-0.4, -0.2) is 90.6 Å². The Morgan fingerprint density at radius 1 is 0.731 bits per heavy atom. The van der Waals surface area contributed by atoms with Crippen molar-refractivity contribution in [1.82, 2.24) is 10.6 Å². The van der Waals surface area contributed by atoms with Crippen molar-refractivity contribution in [2.75, 3.05) is 72.6 Å².